The van der Waals surface area contributed by atoms with Gasteiger partial charge in [-0.15, -0.1) is 0 Å². The molecular weight excluding hydrogens is 266 g/mol. The van der Waals surface area contributed by atoms with Crippen LogP contribution in [0.15, 0.2) is 18.2 Å². The van der Waals surface area contributed by atoms with E-state index in [0.29, 0.717) is 26.1 Å². The maximum absolute atomic E-state index is 13.5. The third kappa shape index (κ3) is 2.42. The fourth-order valence-electron chi connectivity index (χ4n) is 2.90. The summed E-state index contributed by atoms with van der Waals surface area (Å²) in [5.74, 6) is -2.63. The third-order valence-corrected chi connectivity index (χ3v) is 3.94. The topological polar surface area (TPSA) is 43.8 Å². The minimum Gasteiger partial charge on any atom is -0.465 e. The molecule has 0 bridgehead atoms. The van der Waals surface area contributed by atoms with Crippen LogP contribution in [0.25, 0.3) is 0 Å². The zero-order valence-electron chi connectivity index (χ0n) is 11.0. The Morgan fingerprint density at radius 3 is 2.70 bits per heavy atom. The molecule has 108 valence electrons. The summed E-state index contributed by atoms with van der Waals surface area (Å²) in [5.41, 5.74) is 2.63. The number of amides is 1. The Kier molecular flexibility index (Phi) is 3.03. The molecule has 3 rings (SSSR count). The van der Waals surface area contributed by atoms with Crippen molar-refractivity contribution in [2.24, 2.45) is 0 Å². The molecular formula is C14H16F2N2O2. The quantitative estimate of drug-likeness (QED) is 0.861. The largest absolute Gasteiger partial charge is 0.465 e. The summed E-state index contributed by atoms with van der Waals surface area (Å²) in [4.78, 5) is 14.0. The van der Waals surface area contributed by atoms with Crippen LogP contribution in [0.3, 0.4) is 0 Å². The van der Waals surface area contributed by atoms with Gasteiger partial charge in [-0.3, -0.25) is 4.90 Å². The lowest BCUT2D eigenvalue weighted by Gasteiger charge is -2.34. The van der Waals surface area contributed by atoms with Gasteiger partial charge in [0.25, 0.3) is 5.92 Å². The molecule has 2 aliphatic heterocycles. The maximum Gasteiger partial charge on any atom is 0.407 e. The Morgan fingerprint density at radius 2 is 2.00 bits per heavy atom. The van der Waals surface area contributed by atoms with E-state index in [1.807, 2.05) is 18.2 Å². The number of carbonyl (C=O) groups is 1. The second-order valence-electron chi connectivity index (χ2n) is 5.47. The van der Waals surface area contributed by atoms with Gasteiger partial charge in [-0.1, -0.05) is 6.07 Å². The Bertz CT molecular complexity index is 548. The molecule has 0 unspecified atom stereocenters. The molecule has 0 radical (unpaired) electrons. The van der Waals surface area contributed by atoms with E-state index in [1.54, 1.807) is 4.90 Å². The Balaban J connectivity index is 1.80. The first kappa shape index (κ1) is 13.1. The van der Waals surface area contributed by atoms with E-state index in [9.17, 15) is 13.6 Å². The molecule has 1 saturated heterocycles. The number of halogens is 2. The first-order valence-corrected chi connectivity index (χ1v) is 6.67. The van der Waals surface area contributed by atoms with Crippen LogP contribution >= 0.6 is 0 Å². The highest BCUT2D eigenvalue weighted by atomic mass is 19.3. The molecule has 0 atom stereocenters. The lowest BCUT2D eigenvalue weighted by molar-refractivity contribution is -0.0116. The van der Waals surface area contributed by atoms with E-state index in [-0.39, 0.29) is 13.0 Å². The molecule has 1 fully saturated rings. The van der Waals surface area contributed by atoms with Crippen LogP contribution in [-0.4, -0.2) is 35.1 Å². The number of rotatable bonds is 1. The number of hydrogen-bond donors (Lipinski definition) is 1. The number of carboxylic acid groups (broad SMARTS) is 1. The molecule has 0 aromatic heterocycles. The molecule has 0 aliphatic carbocycles. The van der Waals surface area contributed by atoms with E-state index in [0.717, 1.165) is 16.8 Å². The number of anilines is 1. The van der Waals surface area contributed by atoms with E-state index in [4.69, 9.17) is 5.11 Å². The molecule has 1 aromatic carbocycles. The Labute approximate surface area is 115 Å². The molecule has 1 N–H and O–H groups in total. The van der Waals surface area contributed by atoms with Crippen LogP contribution in [0, 0.1) is 0 Å². The van der Waals surface area contributed by atoms with Gasteiger partial charge >= 0.3 is 6.09 Å². The highest BCUT2D eigenvalue weighted by molar-refractivity contribution is 5.67. The minimum absolute atomic E-state index is 0.0543. The number of nitrogens with zero attached hydrogens (tertiary/aromatic N) is 2. The third-order valence-electron chi connectivity index (χ3n) is 3.94. The smallest absolute Gasteiger partial charge is 0.407 e. The molecule has 20 heavy (non-hydrogen) atoms. The number of alkyl halides is 2. The number of fused-ring (bicyclic) bond motifs is 1. The highest BCUT2D eigenvalue weighted by Crippen LogP contribution is 2.32. The number of piperidine rings is 1. The van der Waals surface area contributed by atoms with Crippen molar-refractivity contribution in [3.8, 4) is 0 Å². The summed E-state index contributed by atoms with van der Waals surface area (Å²) in [5, 5.41) is 8.99. The van der Waals surface area contributed by atoms with E-state index in [1.165, 1.54) is 4.90 Å². The number of hydrogen-bond acceptors (Lipinski definition) is 2. The van der Waals surface area contributed by atoms with Crippen LogP contribution < -0.4 is 4.90 Å². The van der Waals surface area contributed by atoms with Crippen LogP contribution in [0.4, 0.5) is 19.3 Å². The SMILES string of the molecule is O=C(O)N1Cc2ccc(N3CCCC(F)(F)C3)cc2C1. The number of benzene rings is 1. The van der Waals surface area contributed by atoms with Gasteiger partial charge in [0.05, 0.1) is 6.54 Å². The fraction of sp³-hybridized carbons (Fsp3) is 0.500. The second-order valence-corrected chi connectivity index (χ2v) is 5.47. The minimum atomic E-state index is -2.63. The summed E-state index contributed by atoms with van der Waals surface area (Å²) >= 11 is 0. The van der Waals surface area contributed by atoms with Crippen molar-refractivity contribution in [1.29, 1.82) is 0 Å². The van der Waals surface area contributed by atoms with Crippen molar-refractivity contribution in [2.75, 3.05) is 18.0 Å². The average Bonchev–Trinajstić information content (AvgIpc) is 2.80. The van der Waals surface area contributed by atoms with Crippen LogP contribution in [0.2, 0.25) is 0 Å². The van der Waals surface area contributed by atoms with Crippen molar-refractivity contribution in [3.05, 3.63) is 29.3 Å². The van der Waals surface area contributed by atoms with Gasteiger partial charge in [0.15, 0.2) is 0 Å². The normalized spacial score (nSPS) is 20.9. The molecule has 1 aromatic rings. The monoisotopic (exact) mass is 282 g/mol. The zero-order valence-corrected chi connectivity index (χ0v) is 11.0. The maximum atomic E-state index is 13.5. The lowest BCUT2D eigenvalue weighted by atomic mass is 10.0. The van der Waals surface area contributed by atoms with Crippen molar-refractivity contribution in [2.45, 2.75) is 31.9 Å². The van der Waals surface area contributed by atoms with Gasteiger partial charge in [0, 0.05) is 31.7 Å². The predicted octanol–water partition coefficient (Wildman–Crippen LogP) is 2.92. The Morgan fingerprint density at radius 1 is 1.25 bits per heavy atom. The fourth-order valence-corrected chi connectivity index (χ4v) is 2.90. The van der Waals surface area contributed by atoms with Gasteiger partial charge in [-0.05, 0) is 29.7 Å². The second kappa shape index (κ2) is 4.61. The molecule has 2 aliphatic rings. The van der Waals surface area contributed by atoms with E-state index < -0.39 is 12.0 Å². The van der Waals surface area contributed by atoms with E-state index in [2.05, 4.69) is 0 Å². The van der Waals surface area contributed by atoms with Crippen molar-refractivity contribution >= 4 is 11.8 Å². The summed E-state index contributed by atoms with van der Waals surface area (Å²) in [6.07, 6.45) is -0.528. The molecule has 1 amide bonds. The first-order chi connectivity index (χ1) is 9.44. The van der Waals surface area contributed by atoms with Gasteiger partial charge in [0.1, 0.15) is 0 Å². The summed E-state index contributed by atoms with van der Waals surface area (Å²) in [6.45, 7) is 1.08. The zero-order chi connectivity index (χ0) is 14.3. The van der Waals surface area contributed by atoms with Crippen LogP contribution in [0.5, 0.6) is 0 Å². The standard InChI is InChI=1S/C14H16F2N2O2/c15-14(16)4-1-5-17(9-14)12-3-2-10-7-18(13(19)20)8-11(10)6-12/h2-3,6H,1,4-5,7-9H2,(H,19,20). The summed E-state index contributed by atoms with van der Waals surface area (Å²) < 4.78 is 26.9. The van der Waals surface area contributed by atoms with Gasteiger partial charge < -0.3 is 10.0 Å². The van der Waals surface area contributed by atoms with Crippen molar-refractivity contribution < 1.29 is 18.7 Å². The van der Waals surface area contributed by atoms with E-state index >= 15 is 0 Å². The highest BCUT2D eigenvalue weighted by Gasteiger charge is 2.35. The lowest BCUT2D eigenvalue weighted by Crippen LogP contribution is -2.42. The van der Waals surface area contributed by atoms with Gasteiger partial charge in [0.2, 0.25) is 0 Å². The first-order valence-electron chi connectivity index (χ1n) is 6.67. The Hall–Kier alpha value is -1.85. The molecule has 0 saturated carbocycles. The van der Waals surface area contributed by atoms with Crippen LogP contribution in [-0.2, 0) is 13.1 Å². The summed E-state index contributed by atoms with van der Waals surface area (Å²) in [7, 11) is 0. The molecule has 2 heterocycles. The molecule has 4 nitrogen and oxygen atoms in total. The van der Waals surface area contributed by atoms with Crippen molar-refractivity contribution in [3.63, 3.8) is 0 Å². The van der Waals surface area contributed by atoms with Crippen molar-refractivity contribution in [1.82, 2.24) is 4.90 Å². The summed E-state index contributed by atoms with van der Waals surface area (Å²) in [6, 6.07) is 5.51. The van der Waals surface area contributed by atoms with Gasteiger partial charge in [-0.2, -0.15) is 0 Å². The molecule has 0 spiro atoms. The average molecular weight is 282 g/mol. The predicted molar refractivity (Wildman–Crippen MR) is 70.1 cm³/mol. The molecule has 6 heteroatoms. The van der Waals surface area contributed by atoms with Gasteiger partial charge in [-0.25, -0.2) is 13.6 Å². The van der Waals surface area contributed by atoms with Crippen LogP contribution in [0.1, 0.15) is 24.0 Å².